The van der Waals surface area contributed by atoms with Crippen LogP contribution in [0.5, 0.6) is 0 Å². The molecule has 152 valence electrons. The summed E-state index contributed by atoms with van der Waals surface area (Å²) >= 11 is 0. The lowest BCUT2D eigenvalue weighted by Gasteiger charge is -2.56. The molecule has 0 aromatic rings. The fourth-order valence-corrected chi connectivity index (χ4v) is 7.38. The summed E-state index contributed by atoms with van der Waals surface area (Å²) in [5.74, 6) is 3.27. The van der Waals surface area contributed by atoms with E-state index in [1.807, 2.05) is 9.80 Å². The van der Waals surface area contributed by atoms with Crippen molar-refractivity contribution >= 4 is 24.2 Å². The second-order valence-corrected chi connectivity index (χ2v) is 10.0. The van der Waals surface area contributed by atoms with E-state index in [0.29, 0.717) is 18.4 Å². The Labute approximate surface area is 168 Å². The summed E-state index contributed by atoms with van der Waals surface area (Å²) in [5, 5.41) is 0. The van der Waals surface area contributed by atoms with Crippen LogP contribution in [-0.2, 0) is 9.59 Å². The summed E-state index contributed by atoms with van der Waals surface area (Å²) in [6, 6.07) is -0.202. The maximum absolute atomic E-state index is 13.7. The van der Waals surface area contributed by atoms with Crippen LogP contribution in [0.15, 0.2) is 0 Å². The zero-order valence-electron chi connectivity index (χ0n) is 16.3. The van der Waals surface area contributed by atoms with Crippen molar-refractivity contribution in [1.29, 1.82) is 0 Å². The molecule has 0 spiro atoms. The van der Waals surface area contributed by atoms with E-state index >= 15 is 0 Å². The molecule has 2 heterocycles. The van der Waals surface area contributed by atoms with E-state index in [-0.39, 0.29) is 29.8 Å². The molecular weight excluding hydrogens is 362 g/mol. The predicted octanol–water partition coefficient (Wildman–Crippen LogP) is 2.42. The zero-order valence-corrected chi connectivity index (χ0v) is 17.1. The summed E-state index contributed by atoms with van der Waals surface area (Å²) in [5.41, 5.74) is 5.67. The minimum Gasteiger partial charge on any atom is -0.341 e. The van der Waals surface area contributed by atoms with Gasteiger partial charge in [-0.1, -0.05) is 0 Å². The van der Waals surface area contributed by atoms with Crippen molar-refractivity contribution in [2.75, 3.05) is 26.2 Å². The highest BCUT2D eigenvalue weighted by atomic mass is 35.5. The molecule has 6 fully saturated rings. The molecule has 6 rings (SSSR count). The highest BCUT2D eigenvalue weighted by Gasteiger charge is 2.57. The molecule has 27 heavy (non-hydrogen) atoms. The van der Waals surface area contributed by atoms with Gasteiger partial charge in [-0.15, -0.1) is 12.4 Å². The third kappa shape index (κ3) is 3.19. The van der Waals surface area contributed by atoms with Crippen molar-refractivity contribution in [3.05, 3.63) is 0 Å². The molecule has 2 unspecified atom stereocenters. The lowest BCUT2D eigenvalue weighted by atomic mass is 9.49. The quantitative estimate of drug-likeness (QED) is 0.797. The van der Waals surface area contributed by atoms with Crippen LogP contribution in [0.4, 0.5) is 0 Å². The van der Waals surface area contributed by atoms with Crippen LogP contribution in [0, 0.1) is 29.1 Å². The Bertz CT molecular complexity index is 575. The molecule has 6 aliphatic rings. The largest absolute Gasteiger partial charge is 0.341 e. The lowest BCUT2D eigenvalue weighted by Crippen LogP contribution is -2.57. The van der Waals surface area contributed by atoms with Crippen molar-refractivity contribution in [2.45, 2.75) is 63.8 Å². The summed E-state index contributed by atoms with van der Waals surface area (Å²) in [7, 11) is 0. The Morgan fingerprint density at radius 3 is 2.15 bits per heavy atom. The minimum absolute atomic E-state index is 0. The van der Waals surface area contributed by atoms with Gasteiger partial charge >= 0.3 is 0 Å². The van der Waals surface area contributed by atoms with Crippen LogP contribution in [0.25, 0.3) is 0 Å². The van der Waals surface area contributed by atoms with Gasteiger partial charge in [-0.05, 0) is 88.0 Å². The maximum atomic E-state index is 13.7. The third-order valence-electron chi connectivity index (χ3n) is 8.22. The second kappa shape index (κ2) is 7.22. The van der Waals surface area contributed by atoms with Gasteiger partial charge in [0.1, 0.15) is 6.04 Å². The zero-order chi connectivity index (χ0) is 17.9. The molecule has 0 radical (unpaired) electrons. The van der Waals surface area contributed by atoms with E-state index in [0.717, 1.165) is 75.9 Å². The molecule has 4 saturated carbocycles. The summed E-state index contributed by atoms with van der Waals surface area (Å²) in [4.78, 5) is 30.8. The Morgan fingerprint density at radius 2 is 1.59 bits per heavy atom. The van der Waals surface area contributed by atoms with E-state index in [2.05, 4.69) is 0 Å². The van der Waals surface area contributed by atoms with Gasteiger partial charge < -0.3 is 15.5 Å². The topological polar surface area (TPSA) is 66.6 Å². The molecule has 5 nitrogen and oxygen atoms in total. The van der Waals surface area contributed by atoms with Gasteiger partial charge in [0.2, 0.25) is 11.8 Å². The molecule has 2 saturated heterocycles. The number of carbonyl (C=O) groups excluding carboxylic acids is 2. The number of hydrogen-bond donors (Lipinski definition) is 1. The molecule has 2 amide bonds. The first-order valence-corrected chi connectivity index (χ1v) is 10.9. The summed E-state index contributed by atoms with van der Waals surface area (Å²) in [6.07, 6.45) is 10.2. The number of hydrogen-bond acceptors (Lipinski definition) is 3. The van der Waals surface area contributed by atoms with E-state index in [9.17, 15) is 9.59 Å². The highest BCUT2D eigenvalue weighted by molar-refractivity contribution is 5.91. The number of halogens is 1. The number of nitrogens with two attached hydrogens (primary N) is 1. The molecule has 2 N–H and O–H groups in total. The molecule has 2 atom stereocenters. The van der Waals surface area contributed by atoms with Crippen molar-refractivity contribution in [2.24, 2.45) is 34.8 Å². The van der Waals surface area contributed by atoms with Crippen LogP contribution in [0.1, 0.15) is 57.8 Å². The summed E-state index contributed by atoms with van der Waals surface area (Å²) < 4.78 is 0. The fraction of sp³-hybridized carbons (Fsp3) is 0.905. The van der Waals surface area contributed by atoms with Gasteiger partial charge in [-0.3, -0.25) is 9.59 Å². The molecular formula is C21H34ClN3O2. The van der Waals surface area contributed by atoms with Crippen LogP contribution in [0.3, 0.4) is 0 Å². The van der Waals surface area contributed by atoms with Gasteiger partial charge in [0, 0.05) is 19.6 Å². The minimum atomic E-state index is -0.202. The Balaban J connectivity index is 0.00000180. The van der Waals surface area contributed by atoms with Crippen molar-refractivity contribution in [3.63, 3.8) is 0 Å². The van der Waals surface area contributed by atoms with Crippen LogP contribution < -0.4 is 5.73 Å². The molecule has 2 aliphatic heterocycles. The Hall–Kier alpha value is -0.810. The van der Waals surface area contributed by atoms with E-state index in [4.69, 9.17) is 5.73 Å². The van der Waals surface area contributed by atoms with Crippen LogP contribution in [-0.4, -0.2) is 53.8 Å². The number of nitrogens with zero attached hydrogens (tertiary/aromatic N) is 2. The standard InChI is InChI=1S/C21H33N3O2.ClH/c22-12-14-3-5-23(13-14)19(25)18-2-1-4-24(18)20(26)21-9-15-6-16(10-21)8-17(7-15)11-21;/h14-18H,1-13,22H2;1H. The normalized spacial score (nSPS) is 42.5. The number of carbonyl (C=O) groups is 2. The van der Waals surface area contributed by atoms with Crippen molar-refractivity contribution < 1.29 is 9.59 Å². The van der Waals surface area contributed by atoms with Gasteiger partial charge in [-0.25, -0.2) is 0 Å². The Kier molecular flexibility index (Phi) is 5.21. The Morgan fingerprint density at radius 1 is 0.963 bits per heavy atom. The number of amides is 2. The average Bonchev–Trinajstić information content (AvgIpc) is 3.28. The first-order chi connectivity index (χ1) is 12.6. The maximum Gasteiger partial charge on any atom is 0.245 e. The lowest BCUT2D eigenvalue weighted by molar-refractivity contribution is -0.161. The van der Waals surface area contributed by atoms with Crippen LogP contribution >= 0.6 is 12.4 Å². The smallest absolute Gasteiger partial charge is 0.245 e. The fourth-order valence-electron chi connectivity index (χ4n) is 7.38. The van der Waals surface area contributed by atoms with E-state index < -0.39 is 0 Å². The molecule has 0 aromatic heterocycles. The first kappa shape index (κ1) is 19.5. The monoisotopic (exact) mass is 395 g/mol. The predicted molar refractivity (Wildman–Crippen MR) is 106 cm³/mol. The number of rotatable bonds is 3. The first-order valence-electron chi connectivity index (χ1n) is 10.9. The second-order valence-electron chi connectivity index (χ2n) is 10.0. The van der Waals surface area contributed by atoms with Crippen molar-refractivity contribution in [1.82, 2.24) is 9.80 Å². The molecule has 0 aromatic carbocycles. The summed E-state index contributed by atoms with van der Waals surface area (Å²) in [6.45, 7) is 3.04. The van der Waals surface area contributed by atoms with E-state index in [1.54, 1.807) is 0 Å². The van der Waals surface area contributed by atoms with Gasteiger partial charge in [0.15, 0.2) is 0 Å². The molecule has 4 bridgehead atoms. The van der Waals surface area contributed by atoms with Gasteiger partial charge in [0.05, 0.1) is 5.41 Å². The van der Waals surface area contributed by atoms with Crippen molar-refractivity contribution in [3.8, 4) is 0 Å². The van der Waals surface area contributed by atoms with Crippen LogP contribution in [0.2, 0.25) is 0 Å². The SMILES string of the molecule is Cl.NCC1CCN(C(=O)C2CCCN2C(=O)C23CC4CC(CC(C4)C2)C3)C1. The average molecular weight is 396 g/mol. The third-order valence-corrected chi connectivity index (χ3v) is 8.22. The molecule has 4 aliphatic carbocycles. The van der Waals surface area contributed by atoms with E-state index in [1.165, 1.54) is 19.3 Å². The highest BCUT2D eigenvalue weighted by Crippen LogP contribution is 2.60. The number of likely N-dealkylation sites (tertiary alicyclic amines) is 2. The molecule has 6 heteroatoms. The van der Waals surface area contributed by atoms with Gasteiger partial charge in [-0.2, -0.15) is 0 Å². The van der Waals surface area contributed by atoms with Gasteiger partial charge in [0.25, 0.3) is 0 Å².